The van der Waals surface area contributed by atoms with E-state index in [9.17, 15) is 15.0 Å². The van der Waals surface area contributed by atoms with E-state index in [1.54, 1.807) is 12.1 Å². The molecule has 1 aromatic heterocycles. The molecular formula is C26H24N2O6. The van der Waals surface area contributed by atoms with Gasteiger partial charge in [0, 0.05) is 22.9 Å². The first-order valence-electron chi connectivity index (χ1n) is 10.9. The van der Waals surface area contributed by atoms with Crippen molar-refractivity contribution in [2.45, 2.75) is 6.92 Å². The lowest BCUT2D eigenvalue weighted by Gasteiger charge is -2.20. The van der Waals surface area contributed by atoms with Crippen molar-refractivity contribution in [2.75, 3.05) is 26.4 Å². The zero-order chi connectivity index (χ0) is 23.8. The fourth-order valence-electron chi connectivity index (χ4n) is 4.30. The highest BCUT2D eigenvalue weighted by Crippen LogP contribution is 2.42. The second kappa shape index (κ2) is 8.64. The summed E-state index contributed by atoms with van der Waals surface area (Å²) in [5.41, 5.74) is 3.59. The first-order valence-corrected chi connectivity index (χ1v) is 10.9. The number of ether oxygens (including phenoxy) is 2. The Morgan fingerprint density at radius 3 is 2.53 bits per heavy atom. The number of rotatable bonds is 5. The molecule has 0 bridgehead atoms. The Hall–Kier alpha value is -4.17. The zero-order valence-corrected chi connectivity index (χ0v) is 18.5. The fourth-order valence-corrected chi connectivity index (χ4v) is 4.30. The molecule has 8 nitrogen and oxygen atoms in total. The molecule has 1 amide bonds. The number of benzene rings is 3. The van der Waals surface area contributed by atoms with Crippen LogP contribution in [0.4, 0.5) is 0 Å². The van der Waals surface area contributed by atoms with Crippen LogP contribution in [0.5, 0.6) is 23.3 Å². The van der Waals surface area contributed by atoms with Crippen molar-refractivity contribution in [1.82, 2.24) is 9.88 Å². The molecule has 0 radical (unpaired) electrons. The fraction of sp³-hybridized carbons (Fsp3) is 0.192. The number of hydrogen-bond donors (Lipinski definition) is 4. The topological polar surface area (TPSA) is 113 Å². The summed E-state index contributed by atoms with van der Waals surface area (Å²) in [5.74, 6) is 0.705. The molecule has 8 heteroatoms. The Balaban J connectivity index is 1.60. The van der Waals surface area contributed by atoms with Crippen LogP contribution < -0.4 is 14.8 Å². The SMILES string of the molecule is Cc1c(-c2ccc3c(c2)OCCO3)cccc1-n1c(O)c2ccc(C(=O)NCCO)cc2c1O. The van der Waals surface area contributed by atoms with E-state index >= 15 is 0 Å². The van der Waals surface area contributed by atoms with Crippen molar-refractivity contribution in [3.8, 4) is 40.1 Å². The molecule has 1 aliphatic rings. The number of aromatic nitrogens is 1. The number of carbonyl (C=O) groups is 1. The first kappa shape index (κ1) is 21.7. The quantitative estimate of drug-likeness (QED) is 0.363. The number of carbonyl (C=O) groups excluding carboxylic acids is 1. The van der Waals surface area contributed by atoms with Gasteiger partial charge in [0.2, 0.25) is 11.8 Å². The van der Waals surface area contributed by atoms with Gasteiger partial charge < -0.3 is 30.1 Å². The average molecular weight is 460 g/mol. The Morgan fingerprint density at radius 1 is 0.971 bits per heavy atom. The van der Waals surface area contributed by atoms with Gasteiger partial charge in [0.15, 0.2) is 11.5 Å². The summed E-state index contributed by atoms with van der Waals surface area (Å²) in [7, 11) is 0. The highest BCUT2D eigenvalue weighted by molar-refractivity contribution is 6.02. The minimum Gasteiger partial charge on any atom is -0.494 e. The molecule has 2 heterocycles. The van der Waals surface area contributed by atoms with E-state index in [1.807, 2.05) is 43.3 Å². The molecule has 0 fully saturated rings. The Morgan fingerprint density at radius 2 is 1.74 bits per heavy atom. The standard InChI is InChI=1S/C26H24N2O6/c1-15-18(16-6-8-22-23(14-16)34-12-11-33-22)3-2-4-21(15)28-25(31)19-7-5-17(13-20(19)26(28)32)24(30)27-9-10-29/h2-8,13-14,29,31-32H,9-12H2,1H3,(H,27,30). The van der Waals surface area contributed by atoms with E-state index in [-0.39, 0.29) is 30.8 Å². The summed E-state index contributed by atoms with van der Waals surface area (Å²) in [6.45, 7) is 2.88. The monoisotopic (exact) mass is 460 g/mol. The van der Waals surface area contributed by atoms with E-state index in [0.29, 0.717) is 46.7 Å². The molecule has 5 rings (SSSR count). The van der Waals surface area contributed by atoms with Crippen LogP contribution in [0.1, 0.15) is 15.9 Å². The number of fused-ring (bicyclic) bond motifs is 2. The van der Waals surface area contributed by atoms with Gasteiger partial charge in [0.1, 0.15) is 13.2 Å². The lowest BCUT2D eigenvalue weighted by molar-refractivity contribution is 0.0945. The van der Waals surface area contributed by atoms with Crippen LogP contribution in [0.25, 0.3) is 27.6 Å². The van der Waals surface area contributed by atoms with E-state index in [0.717, 1.165) is 16.7 Å². The van der Waals surface area contributed by atoms with Gasteiger partial charge in [-0.15, -0.1) is 0 Å². The molecule has 1 aliphatic heterocycles. The third-order valence-electron chi connectivity index (χ3n) is 5.98. The molecule has 3 aromatic carbocycles. The van der Waals surface area contributed by atoms with Gasteiger partial charge in [0.05, 0.1) is 12.3 Å². The number of nitrogens with one attached hydrogen (secondary N) is 1. The van der Waals surface area contributed by atoms with Crippen LogP contribution in [0.2, 0.25) is 0 Å². The van der Waals surface area contributed by atoms with Gasteiger partial charge in [0.25, 0.3) is 5.91 Å². The molecule has 0 saturated heterocycles. The normalized spacial score (nSPS) is 12.6. The number of aromatic hydroxyl groups is 2. The minimum absolute atomic E-state index is 0.126. The van der Waals surface area contributed by atoms with Crippen molar-refractivity contribution in [3.63, 3.8) is 0 Å². The molecule has 4 N–H and O–H groups in total. The highest BCUT2D eigenvalue weighted by Gasteiger charge is 2.21. The van der Waals surface area contributed by atoms with Crippen LogP contribution in [0.3, 0.4) is 0 Å². The van der Waals surface area contributed by atoms with E-state index in [2.05, 4.69) is 5.32 Å². The lowest BCUT2D eigenvalue weighted by atomic mass is 9.98. The summed E-state index contributed by atoms with van der Waals surface area (Å²) >= 11 is 0. The summed E-state index contributed by atoms with van der Waals surface area (Å²) < 4.78 is 12.7. The van der Waals surface area contributed by atoms with E-state index in [4.69, 9.17) is 14.6 Å². The largest absolute Gasteiger partial charge is 0.494 e. The summed E-state index contributed by atoms with van der Waals surface area (Å²) in [6.07, 6.45) is 0. The van der Waals surface area contributed by atoms with E-state index in [1.165, 1.54) is 10.6 Å². The average Bonchev–Trinajstić information content (AvgIpc) is 3.11. The molecule has 34 heavy (non-hydrogen) atoms. The zero-order valence-electron chi connectivity index (χ0n) is 18.5. The van der Waals surface area contributed by atoms with Gasteiger partial charge in [-0.3, -0.25) is 9.36 Å². The third kappa shape index (κ3) is 3.58. The molecule has 0 atom stereocenters. The Labute approximate surface area is 195 Å². The van der Waals surface area contributed by atoms with Gasteiger partial charge in [-0.2, -0.15) is 0 Å². The van der Waals surface area contributed by atoms with Crippen LogP contribution >= 0.6 is 0 Å². The van der Waals surface area contributed by atoms with Gasteiger partial charge in [-0.1, -0.05) is 18.2 Å². The van der Waals surface area contributed by atoms with Crippen molar-refractivity contribution >= 4 is 16.7 Å². The third-order valence-corrected chi connectivity index (χ3v) is 5.98. The number of nitrogens with zero attached hydrogens (tertiary/aromatic N) is 1. The molecule has 0 aliphatic carbocycles. The maximum Gasteiger partial charge on any atom is 0.251 e. The molecule has 0 saturated carbocycles. The molecule has 0 unspecified atom stereocenters. The second-order valence-electron chi connectivity index (χ2n) is 8.03. The maximum atomic E-state index is 12.3. The van der Waals surface area contributed by atoms with Crippen molar-refractivity contribution < 1.29 is 29.6 Å². The van der Waals surface area contributed by atoms with Crippen LogP contribution in [-0.4, -0.2) is 52.2 Å². The van der Waals surface area contributed by atoms with Crippen molar-refractivity contribution in [3.05, 3.63) is 65.7 Å². The Bertz CT molecular complexity index is 1410. The van der Waals surface area contributed by atoms with E-state index < -0.39 is 0 Å². The summed E-state index contributed by atoms with van der Waals surface area (Å²) in [4.78, 5) is 12.3. The molecule has 0 spiro atoms. The smallest absolute Gasteiger partial charge is 0.251 e. The van der Waals surface area contributed by atoms with Crippen LogP contribution in [0.15, 0.2) is 54.6 Å². The summed E-state index contributed by atoms with van der Waals surface area (Å²) in [5, 5.41) is 34.3. The van der Waals surface area contributed by atoms with Crippen molar-refractivity contribution in [1.29, 1.82) is 0 Å². The molecular weight excluding hydrogens is 436 g/mol. The van der Waals surface area contributed by atoms with Gasteiger partial charge in [-0.25, -0.2) is 0 Å². The predicted octanol–water partition coefficient (Wildman–Crippen LogP) is 3.51. The lowest BCUT2D eigenvalue weighted by Crippen LogP contribution is -2.26. The number of hydrogen-bond acceptors (Lipinski definition) is 6. The predicted molar refractivity (Wildman–Crippen MR) is 127 cm³/mol. The van der Waals surface area contributed by atoms with Crippen LogP contribution in [0, 0.1) is 6.92 Å². The highest BCUT2D eigenvalue weighted by atomic mass is 16.6. The summed E-state index contributed by atoms with van der Waals surface area (Å²) in [6, 6.07) is 16.0. The second-order valence-corrected chi connectivity index (χ2v) is 8.03. The number of amides is 1. The minimum atomic E-state index is -0.376. The molecule has 4 aromatic rings. The molecule has 174 valence electrons. The van der Waals surface area contributed by atoms with Gasteiger partial charge in [-0.05, 0) is 60.0 Å². The first-order chi connectivity index (χ1) is 16.5. The van der Waals surface area contributed by atoms with Crippen molar-refractivity contribution in [2.24, 2.45) is 0 Å². The number of aliphatic hydroxyl groups excluding tert-OH is 1. The van der Waals surface area contributed by atoms with Gasteiger partial charge >= 0.3 is 0 Å². The Kier molecular flexibility index (Phi) is 5.51. The maximum absolute atomic E-state index is 12.3. The number of aliphatic hydroxyl groups is 1. The van der Waals surface area contributed by atoms with Crippen LogP contribution in [-0.2, 0) is 0 Å².